The minimum absolute atomic E-state index is 0.257. The Kier molecular flexibility index (Phi) is 1.21. The van der Waals surface area contributed by atoms with Gasteiger partial charge in [-0.2, -0.15) is 5.26 Å². The molecule has 0 aromatic heterocycles. The Morgan fingerprint density at radius 3 is 2.75 bits per heavy atom. The molecule has 0 atom stereocenters. The lowest BCUT2D eigenvalue weighted by molar-refractivity contribution is 0.380. The van der Waals surface area contributed by atoms with Crippen LogP contribution in [0.1, 0.15) is 12.8 Å². The molecule has 0 aliphatic heterocycles. The smallest absolute Gasteiger partial charge is 0.106 e. The highest BCUT2D eigenvalue weighted by Crippen LogP contribution is 2.34. The van der Waals surface area contributed by atoms with E-state index in [0.29, 0.717) is 5.92 Å². The number of hydrogen-bond donors (Lipinski definition) is 1. The number of nitriles is 1. The lowest BCUT2D eigenvalue weighted by atomic mass is 10.3. The van der Waals surface area contributed by atoms with Crippen LogP contribution in [-0.2, 0) is 0 Å². The number of aliphatic hydroxyl groups excluding tert-OH is 1. The van der Waals surface area contributed by atoms with Gasteiger partial charge in [0.2, 0.25) is 0 Å². The molecule has 0 amide bonds. The average molecular weight is 109 g/mol. The van der Waals surface area contributed by atoms with Crippen molar-refractivity contribution in [2.24, 2.45) is 5.92 Å². The molecule has 2 nitrogen and oxygen atoms in total. The third-order valence-corrected chi connectivity index (χ3v) is 1.21. The second-order valence-corrected chi connectivity index (χ2v) is 1.97. The number of hydrogen-bond acceptors (Lipinski definition) is 2. The molecule has 1 saturated carbocycles. The lowest BCUT2D eigenvalue weighted by Gasteiger charge is -1.86. The summed E-state index contributed by atoms with van der Waals surface area (Å²) in [7, 11) is 0. The van der Waals surface area contributed by atoms with Crippen molar-refractivity contribution >= 4 is 0 Å². The van der Waals surface area contributed by atoms with Crippen molar-refractivity contribution < 1.29 is 5.11 Å². The second-order valence-electron chi connectivity index (χ2n) is 1.97. The van der Waals surface area contributed by atoms with Gasteiger partial charge in [0.1, 0.15) is 5.76 Å². The minimum atomic E-state index is 0.257. The van der Waals surface area contributed by atoms with Crippen molar-refractivity contribution in [3.05, 3.63) is 11.8 Å². The van der Waals surface area contributed by atoms with Crippen LogP contribution in [0.5, 0.6) is 0 Å². The predicted octanol–water partition coefficient (Wildman–Crippen LogP) is 1.36. The van der Waals surface area contributed by atoms with Crippen molar-refractivity contribution in [1.29, 1.82) is 5.26 Å². The van der Waals surface area contributed by atoms with Gasteiger partial charge in [0.15, 0.2) is 0 Å². The highest BCUT2D eigenvalue weighted by molar-refractivity contribution is 5.12. The van der Waals surface area contributed by atoms with Gasteiger partial charge in [0, 0.05) is 5.92 Å². The summed E-state index contributed by atoms with van der Waals surface area (Å²) in [4.78, 5) is 0. The highest BCUT2D eigenvalue weighted by atomic mass is 16.3. The molecule has 0 saturated heterocycles. The van der Waals surface area contributed by atoms with Crippen LogP contribution in [0.4, 0.5) is 0 Å². The zero-order valence-electron chi connectivity index (χ0n) is 4.46. The van der Waals surface area contributed by atoms with Gasteiger partial charge in [-0.25, -0.2) is 0 Å². The standard InChI is InChI=1S/C6H7NO/c7-4-3-6(8)5-1-2-5/h3,5,8H,1-2H2/b6-3+. The van der Waals surface area contributed by atoms with E-state index in [1.807, 2.05) is 0 Å². The Morgan fingerprint density at radius 1 is 1.75 bits per heavy atom. The molecule has 0 bridgehead atoms. The Balaban J connectivity index is 2.45. The third-order valence-electron chi connectivity index (χ3n) is 1.21. The summed E-state index contributed by atoms with van der Waals surface area (Å²) in [6, 6.07) is 1.78. The normalized spacial score (nSPS) is 20.1. The van der Waals surface area contributed by atoms with E-state index in [1.54, 1.807) is 6.07 Å². The predicted molar refractivity (Wildman–Crippen MR) is 29.0 cm³/mol. The van der Waals surface area contributed by atoms with Crippen LogP contribution < -0.4 is 0 Å². The first kappa shape index (κ1) is 5.17. The van der Waals surface area contributed by atoms with E-state index in [9.17, 15) is 0 Å². The second kappa shape index (κ2) is 1.87. The summed E-state index contributed by atoms with van der Waals surface area (Å²) in [5.74, 6) is 0.571. The molecular weight excluding hydrogens is 102 g/mol. The van der Waals surface area contributed by atoms with Crippen molar-refractivity contribution in [3.63, 3.8) is 0 Å². The van der Waals surface area contributed by atoms with Crippen LogP contribution >= 0.6 is 0 Å². The maximum Gasteiger partial charge on any atom is 0.106 e. The first-order valence-electron chi connectivity index (χ1n) is 2.63. The molecule has 0 spiro atoms. The molecule has 1 rings (SSSR count). The largest absolute Gasteiger partial charge is 0.511 e. The minimum Gasteiger partial charge on any atom is -0.511 e. The average Bonchev–Trinajstić information content (AvgIpc) is 2.45. The van der Waals surface area contributed by atoms with E-state index < -0.39 is 0 Å². The number of rotatable bonds is 1. The van der Waals surface area contributed by atoms with E-state index in [2.05, 4.69) is 0 Å². The van der Waals surface area contributed by atoms with Crippen LogP contribution in [0.3, 0.4) is 0 Å². The molecule has 0 aromatic carbocycles. The van der Waals surface area contributed by atoms with Gasteiger partial charge in [-0.05, 0) is 12.8 Å². The summed E-state index contributed by atoms with van der Waals surface area (Å²) < 4.78 is 0. The van der Waals surface area contributed by atoms with Crippen LogP contribution in [-0.4, -0.2) is 5.11 Å². The fourth-order valence-electron chi connectivity index (χ4n) is 0.563. The first-order valence-corrected chi connectivity index (χ1v) is 2.63. The Labute approximate surface area is 48.1 Å². The molecule has 0 heterocycles. The van der Waals surface area contributed by atoms with Crippen LogP contribution in [0.25, 0.3) is 0 Å². The Morgan fingerprint density at radius 2 is 2.38 bits per heavy atom. The van der Waals surface area contributed by atoms with E-state index in [-0.39, 0.29) is 5.76 Å². The molecule has 1 aliphatic carbocycles. The van der Waals surface area contributed by atoms with E-state index in [4.69, 9.17) is 10.4 Å². The maximum absolute atomic E-state index is 8.83. The topological polar surface area (TPSA) is 44.0 Å². The van der Waals surface area contributed by atoms with Gasteiger partial charge >= 0.3 is 0 Å². The first-order chi connectivity index (χ1) is 3.84. The monoisotopic (exact) mass is 109 g/mol. The van der Waals surface area contributed by atoms with Gasteiger partial charge in [-0.1, -0.05) is 0 Å². The van der Waals surface area contributed by atoms with Gasteiger partial charge in [-0.3, -0.25) is 0 Å². The van der Waals surface area contributed by atoms with Gasteiger partial charge in [0.25, 0.3) is 0 Å². The van der Waals surface area contributed by atoms with Crippen molar-refractivity contribution in [2.75, 3.05) is 0 Å². The quantitative estimate of drug-likeness (QED) is 0.408. The van der Waals surface area contributed by atoms with Crippen molar-refractivity contribution in [1.82, 2.24) is 0 Å². The molecule has 8 heavy (non-hydrogen) atoms. The van der Waals surface area contributed by atoms with Gasteiger partial charge in [0.05, 0.1) is 12.1 Å². The number of nitrogens with zero attached hydrogens (tertiary/aromatic N) is 1. The summed E-state index contributed by atoms with van der Waals surface area (Å²) in [5.41, 5.74) is 0. The molecule has 42 valence electrons. The van der Waals surface area contributed by atoms with Gasteiger partial charge < -0.3 is 5.11 Å². The molecule has 2 heteroatoms. The van der Waals surface area contributed by atoms with Crippen LogP contribution in [0.2, 0.25) is 0 Å². The fraction of sp³-hybridized carbons (Fsp3) is 0.500. The molecule has 1 fully saturated rings. The van der Waals surface area contributed by atoms with E-state index in [1.165, 1.54) is 6.08 Å². The highest BCUT2D eigenvalue weighted by Gasteiger charge is 2.25. The summed E-state index contributed by atoms with van der Waals surface area (Å²) in [6.45, 7) is 0. The summed E-state index contributed by atoms with van der Waals surface area (Å²) >= 11 is 0. The summed E-state index contributed by atoms with van der Waals surface area (Å²) in [5, 5.41) is 16.9. The zero-order valence-corrected chi connectivity index (χ0v) is 4.46. The van der Waals surface area contributed by atoms with Crippen LogP contribution in [0.15, 0.2) is 11.8 Å². The Hall–Kier alpha value is -0.970. The van der Waals surface area contributed by atoms with E-state index >= 15 is 0 Å². The van der Waals surface area contributed by atoms with Crippen molar-refractivity contribution in [3.8, 4) is 6.07 Å². The van der Waals surface area contributed by atoms with Crippen molar-refractivity contribution in [2.45, 2.75) is 12.8 Å². The molecule has 0 unspecified atom stereocenters. The Bertz CT molecular complexity index is 150. The van der Waals surface area contributed by atoms with E-state index in [0.717, 1.165) is 12.8 Å². The maximum atomic E-state index is 8.83. The third kappa shape index (κ3) is 1.00. The molecule has 1 aliphatic rings. The molecule has 0 aromatic rings. The SMILES string of the molecule is N#C/C=C(/O)C1CC1. The van der Waals surface area contributed by atoms with Crippen LogP contribution in [0, 0.1) is 17.2 Å². The number of aliphatic hydroxyl groups is 1. The molecule has 0 radical (unpaired) electrons. The zero-order chi connectivity index (χ0) is 5.98. The van der Waals surface area contributed by atoms with Gasteiger partial charge in [-0.15, -0.1) is 0 Å². The number of allylic oxidation sites excluding steroid dienone is 2. The molecular formula is C6H7NO. The molecule has 1 N–H and O–H groups in total. The lowest BCUT2D eigenvalue weighted by Crippen LogP contribution is -1.79. The summed E-state index contributed by atoms with van der Waals surface area (Å²) in [6.07, 6.45) is 3.30. The fourth-order valence-corrected chi connectivity index (χ4v) is 0.563.